The molecule has 2 atom stereocenters. The average molecular weight is 334 g/mol. The van der Waals surface area contributed by atoms with Crippen LogP contribution in [0.4, 0.5) is 0 Å². The zero-order valence-corrected chi connectivity index (χ0v) is 14.4. The normalized spacial score (nSPS) is 20.4. The van der Waals surface area contributed by atoms with E-state index in [1.165, 1.54) is 0 Å². The maximum Gasteiger partial charge on any atom is 0.320 e. The summed E-state index contributed by atoms with van der Waals surface area (Å²) in [6, 6.07) is 17.1. The van der Waals surface area contributed by atoms with Crippen LogP contribution in [0.2, 0.25) is 0 Å². The van der Waals surface area contributed by atoms with E-state index in [-0.39, 0.29) is 12.4 Å². The van der Waals surface area contributed by atoms with E-state index < -0.39 is 17.3 Å². The molecule has 1 aliphatic rings. The molecule has 0 saturated carbocycles. The largest absolute Gasteiger partial charge is 0.465 e. The number of ketones is 1. The molecule has 2 aromatic rings. The van der Waals surface area contributed by atoms with Gasteiger partial charge in [-0.3, -0.25) is 9.59 Å². The number of Topliss-reactive ketones (excluding diaryl/α,β-unsaturated/α-hetero) is 1. The molecule has 0 heterocycles. The van der Waals surface area contributed by atoms with Crippen LogP contribution in [0.3, 0.4) is 0 Å². The number of esters is 1. The molecule has 0 aromatic heterocycles. The van der Waals surface area contributed by atoms with E-state index in [4.69, 9.17) is 4.74 Å². The van der Waals surface area contributed by atoms with Crippen LogP contribution in [0, 0.1) is 5.41 Å². The van der Waals surface area contributed by atoms with Crippen molar-refractivity contribution in [3.63, 3.8) is 0 Å². The van der Waals surface area contributed by atoms with Crippen molar-refractivity contribution in [3.05, 3.63) is 83.9 Å². The Labute approximate surface area is 148 Å². The molecule has 3 rings (SSSR count). The molecule has 0 N–H and O–H groups in total. The van der Waals surface area contributed by atoms with Gasteiger partial charge in [-0.15, -0.1) is 6.58 Å². The minimum atomic E-state index is -1.26. The summed E-state index contributed by atoms with van der Waals surface area (Å²) >= 11 is 0. The van der Waals surface area contributed by atoms with Crippen molar-refractivity contribution in [2.75, 3.05) is 6.61 Å². The van der Waals surface area contributed by atoms with E-state index in [0.717, 1.165) is 11.1 Å². The second kappa shape index (κ2) is 7.06. The zero-order chi connectivity index (χ0) is 17.9. The van der Waals surface area contributed by atoms with Crippen molar-refractivity contribution in [3.8, 4) is 0 Å². The Bertz CT molecular complexity index is 794. The molecule has 2 aromatic carbocycles. The van der Waals surface area contributed by atoms with Crippen LogP contribution in [0.15, 0.2) is 67.3 Å². The third kappa shape index (κ3) is 2.80. The number of carbonyl (C=O) groups excluding carboxylic acids is 2. The summed E-state index contributed by atoms with van der Waals surface area (Å²) in [6.45, 7) is 5.94. The molecule has 0 bridgehead atoms. The minimum absolute atomic E-state index is 0.165. The van der Waals surface area contributed by atoms with Crippen molar-refractivity contribution >= 4 is 11.8 Å². The summed E-state index contributed by atoms with van der Waals surface area (Å²) in [5.74, 6) is -1.04. The summed E-state index contributed by atoms with van der Waals surface area (Å²) in [7, 11) is 0. The van der Waals surface area contributed by atoms with E-state index in [2.05, 4.69) is 6.58 Å². The number of aryl methyl sites for hydroxylation is 1. The van der Waals surface area contributed by atoms with Crippen molar-refractivity contribution in [1.82, 2.24) is 0 Å². The van der Waals surface area contributed by atoms with E-state index in [9.17, 15) is 9.59 Å². The number of hydrogen-bond acceptors (Lipinski definition) is 3. The van der Waals surface area contributed by atoms with E-state index in [1.54, 1.807) is 19.1 Å². The number of ether oxygens (including phenoxy) is 1. The fourth-order valence-electron chi connectivity index (χ4n) is 3.81. The molecule has 0 fully saturated rings. The summed E-state index contributed by atoms with van der Waals surface area (Å²) in [5, 5.41) is 0. The van der Waals surface area contributed by atoms with Gasteiger partial charge in [0.15, 0.2) is 5.78 Å². The van der Waals surface area contributed by atoms with Gasteiger partial charge in [-0.05, 0) is 30.9 Å². The number of benzene rings is 2. The Hall–Kier alpha value is -2.68. The second-order valence-corrected chi connectivity index (χ2v) is 6.30. The smallest absolute Gasteiger partial charge is 0.320 e. The van der Waals surface area contributed by atoms with Gasteiger partial charge in [0.2, 0.25) is 0 Å². The van der Waals surface area contributed by atoms with Gasteiger partial charge in [0, 0.05) is 11.5 Å². The van der Waals surface area contributed by atoms with E-state index >= 15 is 0 Å². The average Bonchev–Trinajstić information content (AvgIpc) is 2.65. The van der Waals surface area contributed by atoms with Gasteiger partial charge in [-0.2, -0.15) is 0 Å². The van der Waals surface area contributed by atoms with Crippen LogP contribution >= 0.6 is 0 Å². The van der Waals surface area contributed by atoms with Gasteiger partial charge < -0.3 is 4.74 Å². The molecule has 128 valence electrons. The second-order valence-electron chi connectivity index (χ2n) is 6.30. The summed E-state index contributed by atoms with van der Waals surface area (Å²) in [4.78, 5) is 26.5. The van der Waals surface area contributed by atoms with E-state index in [0.29, 0.717) is 18.4 Å². The van der Waals surface area contributed by atoms with Gasteiger partial charge in [0.05, 0.1) is 6.61 Å². The van der Waals surface area contributed by atoms with Gasteiger partial charge in [0.25, 0.3) is 0 Å². The third-order valence-corrected chi connectivity index (χ3v) is 5.02. The number of fused-ring (bicyclic) bond motifs is 1. The maximum absolute atomic E-state index is 13.5. The predicted molar refractivity (Wildman–Crippen MR) is 97.5 cm³/mol. The lowest BCUT2D eigenvalue weighted by Crippen LogP contribution is -2.48. The van der Waals surface area contributed by atoms with Gasteiger partial charge in [-0.25, -0.2) is 0 Å². The molecule has 3 heteroatoms. The predicted octanol–water partition coefficient (Wildman–Crippen LogP) is 4.33. The topological polar surface area (TPSA) is 43.4 Å². The number of rotatable bonds is 5. The molecule has 3 nitrogen and oxygen atoms in total. The molecule has 0 radical (unpaired) electrons. The maximum atomic E-state index is 13.5. The van der Waals surface area contributed by atoms with Gasteiger partial charge in [0.1, 0.15) is 5.41 Å². The van der Waals surface area contributed by atoms with Crippen LogP contribution in [0.25, 0.3) is 0 Å². The molecule has 1 unspecified atom stereocenters. The fourth-order valence-corrected chi connectivity index (χ4v) is 3.81. The lowest BCUT2D eigenvalue weighted by Gasteiger charge is -2.39. The monoisotopic (exact) mass is 334 g/mol. The molecule has 0 aliphatic heterocycles. The molecule has 0 spiro atoms. The first-order chi connectivity index (χ1) is 12.1. The molecule has 0 amide bonds. The number of allylic oxidation sites excluding steroid dienone is 1. The lowest BCUT2D eigenvalue weighted by atomic mass is 9.61. The Morgan fingerprint density at radius 3 is 2.56 bits per heavy atom. The Balaban J connectivity index is 2.17. The van der Waals surface area contributed by atoms with Crippen LogP contribution < -0.4 is 0 Å². The zero-order valence-electron chi connectivity index (χ0n) is 14.4. The first-order valence-electron chi connectivity index (χ1n) is 8.62. The molecule has 0 saturated heterocycles. The Morgan fingerprint density at radius 1 is 1.20 bits per heavy atom. The lowest BCUT2D eigenvalue weighted by molar-refractivity contribution is -0.153. The van der Waals surface area contributed by atoms with Crippen molar-refractivity contribution in [2.24, 2.45) is 5.41 Å². The number of carbonyl (C=O) groups is 2. The molecule has 25 heavy (non-hydrogen) atoms. The quantitative estimate of drug-likeness (QED) is 0.464. The van der Waals surface area contributed by atoms with Crippen molar-refractivity contribution in [2.45, 2.75) is 25.7 Å². The number of hydrogen-bond donors (Lipinski definition) is 0. The van der Waals surface area contributed by atoms with Crippen LogP contribution in [-0.4, -0.2) is 18.4 Å². The summed E-state index contributed by atoms with van der Waals surface area (Å²) < 4.78 is 5.37. The molecular formula is C22H22O3. The minimum Gasteiger partial charge on any atom is -0.465 e. The van der Waals surface area contributed by atoms with Crippen LogP contribution in [0.5, 0.6) is 0 Å². The Kier molecular flexibility index (Phi) is 4.84. The standard InChI is InChI=1S/C22H22O3/c1-3-19(17-11-6-5-7-12-17)22(21(24)25-4-2)15-14-16-10-8-9-13-18(16)20(22)23/h3,5-13,19H,1,4,14-15H2,2H3/t19?,22-/m1/s1. The van der Waals surface area contributed by atoms with Gasteiger partial charge >= 0.3 is 5.97 Å². The van der Waals surface area contributed by atoms with E-state index in [1.807, 2.05) is 48.5 Å². The first kappa shape index (κ1) is 17.2. The highest BCUT2D eigenvalue weighted by molar-refractivity contribution is 6.15. The molecular weight excluding hydrogens is 312 g/mol. The highest BCUT2D eigenvalue weighted by Gasteiger charge is 2.54. The summed E-state index contributed by atoms with van der Waals surface area (Å²) in [5.41, 5.74) is 1.25. The summed E-state index contributed by atoms with van der Waals surface area (Å²) in [6.07, 6.45) is 2.79. The van der Waals surface area contributed by atoms with Gasteiger partial charge in [-0.1, -0.05) is 60.7 Å². The third-order valence-electron chi connectivity index (χ3n) is 5.02. The SMILES string of the molecule is C=CC(c1ccccc1)[C@]1(C(=O)OCC)CCc2ccccc2C1=O. The fraction of sp³-hybridized carbons (Fsp3) is 0.273. The van der Waals surface area contributed by atoms with Crippen molar-refractivity contribution in [1.29, 1.82) is 0 Å². The highest BCUT2D eigenvalue weighted by atomic mass is 16.5. The highest BCUT2D eigenvalue weighted by Crippen LogP contribution is 2.47. The van der Waals surface area contributed by atoms with Crippen LogP contribution in [-0.2, 0) is 16.0 Å². The molecule has 1 aliphatic carbocycles. The van der Waals surface area contributed by atoms with Crippen molar-refractivity contribution < 1.29 is 14.3 Å². The van der Waals surface area contributed by atoms with Crippen LogP contribution in [0.1, 0.15) is 40.7 Å². The Morgan fingerprint density at radius 2 is 1.88 bits per heavy atom. The first-order valence-corrected chi connectivity index (χ1v) is 8.62.